The monoisotopic (exact) mass is 616 g/mol. The number of amides is 2. The molecule has 15 heteroatoms. The molecule has 0 radical (unpaired) electrons. The standard InChI is InChI=1S/C28H31ClF2N8O4/c29-18-2-3-23(43-28(30)31)20(14-18)25-22(34-27(41)21-15-33-39-7-1-6-32-26(21)39)16-38(35-25)17-24(40)37-8-4-19(5-9-37)36-10-12-42-13-11-36/h1-3,6-7,14-16,19,25,28,35H,4-5,8-13,17H2,(H,34,41). The molecule has 3 aliphatic rings. The number of carbonyl (C=O) groups is 2. The van der Waals surface area contributed by atoms with Crippen molar-refractivity contribution in [2.45, 2.75) is 31.5 Å². The van der Waals surface area contributed by atoms with Crippen LogP contribution in [0.2, 0.25) is 5.02 Å². The van der Waals surface area contributed by atoms with Crippen LogP contribution in [0.4, 0.5) is 8.78 Å². The number of ether oxygens (including phenoxy) is 2. The van der Waals surface area contributed by atoms with E-state index >= 15 is 0 Å². The van der Waals surface area contributed by atoms with Gasteiger partial charge in [-0.3, -0.25) is 14.5 Å². The minimum absolute atomic E-state index is 0.0397. The van der Waals surface area contributed by atoms with Crippen LogP contribution in [0.3, 0.4) is 0 Å². The van der Waals surface area contributed by atoms with E-state index in [-0.39, 0.29) is 34.4 Å². The van der Waals surface area contributed by atoms with E-state index in [1.807, 2.05) is 4.90 Å². The molecule has 1 unspecified atom stereocenters. The zero-order chi connectivity index (χ0) is 29.9. The number of carbonyl (C=O) groups excluding carboxylic acids is 2. The third-order valence-electron chi connectivity index (χ3n) is 7.87. The number of hydrazine groups is 1. The van der Waals surface area contributed by atoms with Gasteiger partial charge in [-0.1, -0.05) is 11.6 Å². The molecule has 1 atom stereocenters. The van der Waals surface area contributed by atoms with E-state index in [1.165, 1.54) is 33.9 Å². The van der Waals surface area contributed by atoms with Crippen molar-refractivity contribution in [1.29, 1.82) is 0 Å². The van der Waals surface area contributed by atoms with Crippen LogP contribution in [0, 0.1) is 0 Å². The quantitative estimate of drug-likeness (QED) is 0.394. The fourth-order valence-electron chi connectivity index (χ4n) is 5.75. The fraction of sp³-hybridized carbons (Fsp3) is 0.429. The van der Waals surface area contributed by atoms with Crippen LogP contribution >= 0.6 is 11.6 Å². The van der Waals surface area contributed by atoms with Crippen LogP contribution in [0.5, 0.6) is 5.75 Å². The van der Waals surface area contributed by atoms with Crippen molar-refractivity contribution in [3.8, 4) is 5.75 Å². The SMILES string of the molecule is O=C(NC1=CN(CC(=O)N2CCC(N3CCOCC3)CC2)NC1c1cc(Cl)ccc1OC(F)F)c1cnn2cccnc12. The number of nitrogens with zero attached hydrogens (tertiary/aromatic N) is 6. The third kappa shape index (κ3) is 6.56. The number of morpholine rings is 1. The van der Waals surface area contributed by atoms with E-state index in [2.05, 4.69) is 25.7 Å². The van der Waals surface area contributed by atoms with Crippen LogP contribution < -0.4 is 15.5 Å². The van der Waals surface area contributed by atoms with E-state index in [0.717, 1.165) is 39.1 Å². The van der Waals surface area contributed by atoms with Gasteiger partial charge in [-0.25, -0.2) is 14.9 Å². The predicted molar refractivity (Wildman–Crippen MR) is 151 cm³/mol. The van der Waals surface area contributed by atoms with E-state index in [9.17, 15) is 18.4 Å². The lowest BCUT2D eigenvalue weighted by Crippen LogP contribution is -2.51. The molecule has 5 heterocycles. The maximum absolute atomic E-state index is 13.4. The molecule has 2 saturated heterocycles. The topological polar surface area (TPSA) is 117 Å². The Morgan fingerprint density at radius 2 is 1.98 bits per heavy atom. The van der Waals surface area contributed by atoms with Gasteiger partial charge in [-0.05, 0) is 37.1 Å². The van der Waals surface area contributed by atoms with Gasteiger partial charge >= 0.3 is 6.61 Å². The zero-order valence-electron chi connectivity index (χ0n) is 23.2. The first-order valence-electron chi connectivity index (χ1n) is 14.0. The van der Waals surface area contributed by atoms with E-state index in [1.54, 1.807) is 24.7 Å². The first-order valence-corrected chi connectivity index (χ1v) is 14.4. The number of piperidine rings is 1. The highest BCUT2D eigenvalue weighted by Crippen LogP contribution is 2.35. The maximum Gasteiger partial charge on any atom is 0.387 e. The minimum Gasteiger partial charge on any atom is -0.434 e. The first-order chi connectivity index (χ1) is 20.9. The minimum atomic E-state index is -3.08. The molecule has 2 fully saturated rings. The number of likely N-dealkylation sites (tertiary alicyclic amines) is 1. The number of fused-ring (bicyclic) bond motifs is 1. The zero-order valence-corrected chi connectivity index (χ0v) is 23.9. The highest BCUT2D eigenvalue weighted by molar-refractivity contribution is 6.30. The summed E-state index contributed by atoms with van der Waals surface area (Å²) >= 11 is 6.24. The number of rotatable bonds is 8. The lowest BCUT2D eigenvalue weighted by Gasteiger charge is -2.40. The number of halogens is 3. The molecular weight excluding hydrogens is 586 g/mol. The van der Waals surface area contributed by atoms with Crippen LogP contribution in [-0.4, -0.2) is 99.8 Å². The normalized spacial score (nSPS) is 20.1. The van der Waals surface area contributed by atoms with Gasteiger partial charge in [-0.15, -0.1) is 0 Å². The van der Waals surface area contributed by atoms with E-state index < -0.39 is 18.6 Å². The van der Waals surface area contributed by atoms with Gasteiger partial charge in [0.1, 0.15) is 17.9 Å². The summed E-state index contributed by atoms with van der Waals surface area (Å²) in [5.41, 5.74) is 4.28. The summed E-state index contributed by atoms with van der Waals surface area (Å²) in [6, 6.07) is 5.51. The van der Waals surface area contributed by atoms with Crippen LogP contribution in [0.25, 0.3) is 5.65 Å². The molecule has 2 amide bonds. The Balaban J connectivity index is 1.20. The van der Waals surface area contributed by atoms with E-state index in [4.69, 9.17) is 21.1 Å². The molecule has 0 saturated carbocycles. The van der Waals surface area contributed by atoms with Crippen molar-refractivity contribution in [2.75, 3.05) is 45.9 Å². The van der Waals surface area contributed by atoms with Crippen LogP contribution in [-0.2, 0) is 9.53 Å². The lowest BCUT2D eigenvalue weighted by atomic mass is 10.0. The molecule has 0 bridgehead atoms. The number of alkyl halides is 2. The highest BCUT2D eigenvalue weighted by atomic mass is 35.5. The summed E-state index contributed by atoms with van der Waals surface area (Å²) in [4.78, 5) is 35.2. The maximum atomic E-state index is 13.4. The number of hydrogen-bond donors (Lipinski definition) is 2. The summed E-state index contributed by atoms with van der Waals surface area (Å²) < 4.78 is 38.3. The largest absolute Gasteiger partial charge is 0.434 e. The van der Waals surface area contributed by atoms with Crippen LogP contribution in [0.1, 0.15) is 34.8 Å². The van der Waals surface area contributed by atoms with Crippen LogP contribution in [0.15, 0.2) is 54.8 Å². The molecule has 0 aliphatic carbocycles. The Kier molecular flexibility index (Phi) is 8.70. The summed E-state index contributed by atoms with van der Waals surface area (Å²) in [6.45, 7) is 1.43. The molecule has 2 N–H and O–H groups in total. The van der Waals surface area contributed by atoms with Gasteiger partial charge in [0, 0.05) is 61.4 Å². The second-order valence-corrected chi connectivity index (χ2v) is 10.9. The third-order valence-corrected chi connectivity index (χ3v) is 8.10. The van der Waals surface area contributed by atoms with Crippen molar-refractivity contribution < 1.29 is 27.8 Å². The van der Waals surface area contributed by atoms with Crippen molar-refractivity contribution in [3.63, 3.8) is 0 Å². The van der Waals surface area contributed by atoms with Gasteiger partial charge in [0.25, 0.3) is 5.91 Å². The highest BCUT2D eigenvalue weighted by Gasteiger charge is 2.34. The van der Waals surface area contributed by atoms with E-state index in [0.29, 0.717) is 30.5 Å². The smallest absolute Gasteiger partial charge is 0.387 e. The van der Waals surface area contributed by atoms with Crippen molar-refractivity contribution in [3.05, 3.63) is 70.9 Å². The molecule has 3 aromatic rings. The van der Waals surface area contributed by atoms with Crippen molar-refractivity contribution in [2.24, 2.45) is 0 Å². The van der Waals surface area contributed by atoms with Gasteiger partial charge in [-0.2, -0.15) is 13.9 Å². The lowest BCUT2D eigenvalue weighted by molar-refractivity contribution is -0.134. The fourth-order valence-corrected chi connectivity index (χ4v) is 5.93. The Morgan fingerprint density at radius 1 is 1.19 bits per heavy atom. The van der Waals surface area contributed by atoms with Gasteiger partial charge in [0.15, 0.2) is 5.65 Å². The Hall–Kier alpha value is -3.85. The van der Waals surface area contributed by atoms with Gasteiger partial charge < -0.3 is 24.7 Å². The molecule has 12 nitrogen and oxygen atoms in total. The van der Waals surface area contributed by atoms with Crippen molar-refractivity contribution >= 4 is 29.1 Å². The molecule has 228 valence electrons. The number of benzene rings is 1. The summed E-state index contributed by atoms with van der Waals surface area (Å²) in [6.07, 6.45) is 7.93. The Morgan fingerprint density at radius 3 is 2.74 bits per heavy atom. The molecule has 0 spiro atoms. The number of nitrogens with one attached hydrogen (secondary N) is 2. The molecular formula is C28H31ClF2N8O4. The molecule has 6 rings (SSSR count). The first kappa shape index (κ1) is 29.2. The number of hydrogen-bond acceptors (Lipinski definition) is 9. The summed E-state index contributed by atoms with van der Waals surface area (Å²) in [7, 11) is 0. The average Bonchev–Trinajstić information content (AvgIpc) is 3.62. The summed E-state index contributed by atoms with van der Waals surface area (Å²) in [5.74, 6) is -0.728. The summed E-state index contributed by atoms with van der Waals surface area (Å²) in [5, 5.41) is 8.83. The molecule has 3 aliphatic heterocycles. The predicted octanol–water partition coefficient (Wildman–Crippen LogP) is 2.44. The van der Waals surface area contributed by atoms with Gasteiger partial charge in [0.2, 0.25) is 5.91 Å². The number of aromatic nitrogens is 3. The molecule has 2 aromatic heterocycles. The van der Waals surface area contributed by atoms with Crippen molar-refractivity contribution in [1.82, 2.24) is 40.1 Å². The average molecular weight is 617 g/mol. The molecule has 1 aromatic carbocycles. The van der Waals surface area contributed by atoms with Gasteiger partial charge in [0.05, 0.1) is 31.1 Å². The Bertz CT molecular complexity index is 1510. The second-order valence-electron chi connectivity index (χ2n) is 10.5. The second kappa shape index (κ2) is 12.8. The molecule has 43 heavy (non-hydrogen) atoms. The Labute approximate surface area is 251 Å².